The van der Waals surface area contributed by atoms with Gasteiger partial charge in [0.1, 0.15) is 5.82 Å². The monoisotopic (exact) mass is 320 g/mol. The number of rotatable bonds is 3. The molecule has 1 aromatic carbocycles. The van der Waals surface area contributed by atoms with E-state index < -0.39 is 27.6 Å². The Balaban J connectivity index is 1.95. The van der Waals surface area contributed by atoms with Crippen LogP contribution in [0.3, 0.4) is 0 Å². The number of carbonyl (C=O) groups excluding carboxylic acids is 1. The SMILES string of the molecule is O=C(CC1CS(=O)(=O)CCN1)Nc1ccc(Cl)cc1F. The molecule has 110 valence electrons. The molecule has 1 aliphatic rings. The number of amides is 1. The molecule has 1 aromatic rings. The molecule has 1 fully saturated rings. The summed E-state index contributed by atoms with van der Waals surface area (Å²) < 4.78 is 36.4. The van der Waals surface area contributed by atoms with Crippen molar-refractivity contribution in [2.24, 2.45) is 0 Å². The van der Waals surface area contributed by atoms with Crippen LogP contribution in [0.4, 0.5) is 10.1 Å². The Kier molecular flexibility index (Phi) is 4.62. The Morgan fingerprint density at radius 3 is 2.90 bits per heavy atom. The van der Waals surface area contributed by atoms with Gasteiger partial charge < -0.3 is 10.6 Å². The topological polar surface area (TPSA) is 75.3 Å². The molecule has 0 aromatic heterocycles. The van der Waals surface area contributed by atoms with Gasteiger partial charge in [0.15, 0.2) is 9.84 Å². The average Bonchev–Trinajstić information content (AvgIpc) is 2.31. The van der Waals surface area contributed by atoms with Crippen molar-refractivity contribution in [3.63, 3.8) is 0 Å². The zero-order valence-corrected chi connectivity index (χ0v) is 12.1. The van der Waals surface area contributed by atoms with Crippen molar-refractivity contribution in [1.29, 1.82) is 0 Å². The second kappa shape index (κ2) is 6.07. The van der Waals surface area contributed by atoms with E-state index in [9.17, 15) is 17.6 Å². The zero-order chi connectivity index (χ0) is 14.8. The van der Waals surface area contributed by atoms with E-state index in [1.807, 2.05) is 0 Å². The molecule has 0 aliphatic carbocycles. The van der Waals surface area contributed by atoms with Gasteiger partial charge in [0, 0.05) is 24.0 Å². The van der Waals surface area contributed by atoms with Crippen LogP contribution in [0.25, 0.3) is 0 Å². The van der Waals surface area contributed by atoms with Crippen LogP contribution >= 0.6 is 11.6 Å². The highest BCUT2D eigenvalue weighted by atomic mass is 35.5. The van der Waals surface area contributed by atoms with Crippen LogP contribution in [0.2, 0.25) is 5.02 Å². The van der Waals surface area contributed by atoms with Crippen LogP contribution in [0.1, 0.15) is 6.42 Å². The van der Waals surface area contributed by atoms with Crippen LogP contribution in [0.5, 0.6) is 0 Å². The molecule has 2 N–H and O–H groups in total. The van der Waals surface area contributed by atoms with Gasteiger partial charge in [0.25, 0.3) is 0 Å². The highest BCUT2D eigenvalue weighted by Gasteiger charge is 2.26. The summed E-state index contributed by atoms with van der Waals surface area (Å²) in [4.78, 5) is 11.8. The average molecular weight is 321 g/mol. The molecule has 5 nitrogen and oxygen atoms in total. The van der Waals surface area contributed by atoms with E-state index in [0.29, 0.717) is 6.54 Å². The predicted octanol–water partition coefficient (Wildman–Crippen LogP) is 1.19. The molecule has 8 heteroatoms. The predicted molar refractivity (Wildman–Crippen MR) is 75.1 cm³/mol. The van der Waals surface area contributed by atoms with Crippen LogP contribution in [-0.4, -0.2) is 38.4 Å². The maximum Gasteiger partial charge on any atom is 0.226 e. The van der Waals surface area contributed by atoms with Crippen molar-refractivity contribution in [3.8, 4) is 0 Å². The lowest BCUT2D eigenvalue weighted by Crippen LogP contribution is -2.46. The van der Waals surface area contributed by atoms with Gasteiger partial charge in [0.05, 0.1) is 17.2 Å². The number of benzene rings is 1. The standard InChI is InChI=1S/C12H14ClFN2O3S/c13-8-1-2-11(10(14)5-8)16-12(17)6-9-7-20(18,19)4-3-15-9/h1-2,5,9,15H,3-4,6-7H2,(H,16,17). The second-order valence-electron chi connectivity index (χ2n) is 4.64. The molecule has 1 unspecified atom stereocenters. The maximum absolute atomic E-state index is 13.5. The first-order chi connectivity index (χ1) is 9.35. The second-order valence-corrected chi connectivity index (χ2v) is 7.31. The van der Waals surface area contributed by atoms with Crippen molar-refractivity contribution in [1.82, 2.24) is 5.32 Å². The van der Waals surface area contributed by atoms with Gasteiger partial charge >= 0.3 is 0 Å². The first-order valence-corrected chi connectivity index (χ1v) is 8.24. The number of sulfone groups is 1. The lowest BCUT2D eigenvalue weighted by molar-refractivity contribution is -0.116. The molecule has 1 atom stereocenters. The largest absolute Gasteiger partial charge is 0.324 e. The molecule has 1 amide bonds. The molecule has 20 heavy (non-hydrogen) atoms. The Morgan fingerprint density at radius 1 is 1.50 bits per heavy atom. The van der Waals surface area contributed by atoms with Crippen molar-refractivity contribution in [3.05, 3.63) is 29.0 Å². The minimum Gasteiger partial charge on any atom is -0.324 e. The van der Waals surface area contributed by atoms with E-state index in [1.54, 1.807) is 0 Å². The van der Waals surface area contributed by atoms with Crippen molar-refractivity contribution in [2.45, 2.75) is 12.5 Å². The van der Waals surface area contributed by atoms with Crippen LogP contribution < -0.4 is 10.6 Å². The van der Waals surface area contributed by atoms with Crippen LogP contribution in [0.15, 0.2) is 18.2 Å². The minimum absolute atomic E-state index is 0.0260. The molecule has 0 bridgehead atoms. The van der Waals surface area contributed by atoms with Gasteiger partial charge in [-0.15, -0.1) is 0 Å². The molecule has 1 saturated heterocycles. The summed E-state index contributed by atoms with van der Waals surface area (Å²) in [7, 11) is -3.10. The normalized spacial score (nSPS) is 21.4. The van der Waals surface area contributed by atoms with E-state index in [0.717, 1.165) is 6.07 Å². The molecular weight excluding hydrogens is 307 g/mol. The zero-order valence-electron chi connectivity index (χ0n) is 10.5. The number of hydrogen-bond donors (Lipinski definition) is 2. The van der Waals surface area contributed by atoms with Crippen molar-refractivity contribution >= 4 is 33.0 Å². The fourth-order valence-corrected chi connectivity index (χ4v) is 3.62. The molecule has 1 heterocycles. The minimum atomic E-state index is -3.10. The van der Waals surface area contributed by atoms with E-state index in [4.69, 9.17) is 11.6 Å². The number of anilines is 1. The maximum atomic E-state index is 13.5. The van der Waals surface area contributed by atoms with E-state index in [-0.39, 0.29) is 28.6 Å². The van der Waals surface area contributed by atoms with E-state index >= 15 is 0 Å². The number of nitrogens with one attached hydrogen (secondary N) is 2. The molecule has 0 radical (unpaired) electrons. The molecule has 0 saturated carbocycles. The van der Waals surface area contributed by atoms with Gasteiger partial charge in [-0.2, -0.15) is 0 Å². The van der Waals surface area contributed by atoms with Gasteiger partial charge in [-0.3, -0.25) is 4.79 Å². The van der Waals surface area contributed by atoms with Gasteiger partial charge in [-0.1, -0.05) is 11.6 Å². The fourth-order valence-electron chi connectivity index (χ4n) is 2.01. The quantitative estimate of drug-likeness (QED) is 0.877. The Hall–Kier alpha value is -1.18. The summed E-state index contributed by atoms with van der Waals surface area (Å²) in [6, 6.07) is 3.48. The number of halogens is 2. The molecule has 1 aliphatic heterocycles. The lowest BCUT2D eigenvalue weighted by atomic mass is 10.2. The molecule has 0 spiro atoms. The Labute approximate surface area is 121 Å². The molecule has 2 rings (SSSR count). The Morgan fingerprint density at radius 2 is 2.25 bits per heavy atom. The third kappa shape index (κ3) is 4.16. The van der Waals surface area contributed by atoms with Gasteiger partial charge in [-0.05, 0) is 18.2 Å². The third-order valence-corrected chi connectivity index (χ3v) is 4.91. The van der Waals surface area contributed by atoms with Crippen molar-refractivity contribution in [2.75, 3.05) is 23.4 Å². The highest BCUT2D eigenvalue weighted by molar-refractivity contribution is 7.91. The first kappa shape index (κ1) is 15.2. The van der Waals surface area contributed by atoms with Gasteiger partial charge in [-0.25, -0.2) is 12.8 Å². The third-order valence-electron chi connectivity index (χ3n) is 2.94. The summed E-state index contributed by atoms with van der Waals surface area (Å²) >= 11 is 5.61. The molecular formula is C12H14ClFN2O3S. The van der Waals surface area contributed by atoms with Crippen LogP contribution in [0, 0.1) is 5.82 Å². The smallest absolute Gasteiger partial charge is 0.226 e. The number of hydrogen-bond acceptors (Lipinski definition) is 4. The van der Waals surface area contributed by atoms with Crippen molar-refractivity contribution < 1.29 is 17.6 Å². The summed E-state index contributed by atoms with van der Waals surface area (Å²) in [6.45, 7) is 0.329. The first-order valence-electron chi connectivity index (χ1n) is 6.04. The van der Waals surface area contributed by atoms with E-state index in [2.05, 4.69) is 10.6 Å². The van der Waals surface area contributed by atoms with E-state index in [1.165, 1.54) is 12.1 Å². The lowest BCUT2D eigenvalue weighted by Gasteiger charge is -2.23. The Bertz CT molecular complexity index is 621. The summed E-state index contributed by atoms with van der Waals surface area (Å²) in [5.74, 6) is -1.07. The highest BCUT2D eigenvalue weighted by Crippen LogP contribution is 2.19. The van der Waals surface area contributed by atoms with Crippen LogP contribution in [-0.2, 0) is 14.6 Å². The summed E-state index contributed by atoms with van der Waals surface area (Å²) in [6.07, 6.45) is -0.0265. The fraction of sp³-hybridized carbons (Fsp3) is 0.417. The number of carbonyl (C=O) groups is 1. The summed E-state index contributed by atoms with van der Waals surface area (Å²) in [5, 5.41) is 5.60. The summed E-state index contributed by atoms with van der Waals surface area (Å²) in [5.41, 5.74) is 0.0260. The van der Waals surface area contributed by atoms with Gasteiger partial charge in [0.2, 0.25) is 5.91 Å².